The predicted octanol–water partition coefficient (Wildman–Crippen LogP) is 1.65. The van der Waals surface area contributed by atoms with E-state index in [1.54, 1.807) is 6.07 Å². The number of hydrogen-bond acceptors (Lipinski definition) is 3. The minimum absolute atomic E-state index is 0.142. The van der Waals surface area contributed by atoms with E-state index >= 15 is 0 Å². The number of ether oxygens (including phenoxy) is 1. The van der Waals surface area contributed by atoms with Crippen LogP contribution in [0.1, 0.15) is 11.3 Å². The number of hydrogen-bond donors (Lipinski definition) is 1. The lowest BCUT2D eigenvalue weighted by Crippen LogP contribution is -2.16. The van der Waals surface area contributed by atoms with Gasteiger partial charge in [-0.15, -0.1) is 0 Å². The van der Waals surface area contributed by atoms with Gasteiger partial charge in [-0.2, -0.15) is 13.2 Å². The largest absolute Gasteiger partial charge is 0.411 e. The molecule has 1 aromatic rings. The summed E-state index contributed by atoms with van der Waals surface area (Å²) in [6.45, 7) is -1.61. The zero-order valence-corrected chi connectivity index (χ0v) is 7.79. The van der Waals surface area contributed by atoms with Crippen LogP contribution in [-0.2, 0) is 18.0 Å². The quantitative estimate of drug-likeness (QED) is 0.840. The zero-order chi connectivity index (χ0) is 11.3. The number of aliphatic hydroxyl groups is 1. The molecule has 6 heteroatoms. The Kier molecular flexibility index (Phi) is 4.05. The van der Waals surface area contributed by atoms with Crippen molar-refractivity contribution in [2.75, 3.05) is 6.61 Å². The molecule has 0 spiro atoms. The number of alkyl halides is 3. The second-order valence-electron chi connectivity index (χ2n) is 2.92. The van der Waals surface area contributed by atoms with Gasteiger partial charge in [0.1, 0.15) is 6.61 Å². The summed E-state index contributed by atoms with van der Waals surface area (Å²) in [5.74, 6) is 0. The highest BCUT2D eigenvalue weighted by Gasteiger charge is 2.27. The van der Waals surface area contributed by atoms with Crippen LogP contribution in [0.15, 0.2) is 18.3 Å². The molecule has 3 nitrogen and oxygen atoms in total. The number of nitrogens with zero attached hydrogens (tertiary/aromatic N) is 1. The van der Waals surface area contributed by atoms with Crippen LogP contribution in [0.4, 0.5) is 13.2 Å². The molecule has 0 aromatic carbocycles. The van der Waals surface area contributed by atoms with Gasteiger partial charge in [0.25, 0.3) is 0 Å². The Morgan fingerprint density at radius 3 is 2.53 bits per heavy atom. The van der Waals surface area contributed by atoms with E-state index in [1.807, 2.05) is 0 Å². The second kappa shape index (κ2) is 5.09. The topological polar surface area (TPSA) is 42.4 Å². The summed E-state index contributed by atoms with van der Waals surface area (Å²) < 4.78 is 39.5. The predicted molar refractivity (Wildman–Crippen MR) is 45.9 cm³/mol. The van der Waals surface area contributed by atoms with Crippen LogP contribution in [0.2, 0.25) is 0 Å². The molecule has 1 heterocycles. The third-order valence-electron chi connectivity index (χ3n) is 1.58. The van der Waals surface area contributed by atoms with Gasteiger partial charge in [0.2, 0.25) is 0 Å². The molecule has 0 saturated carbocycles. The molecule has 0 aliphatic carbocycles. The van der Waals surface area contributed by atoms with Gasteiger partial charge in [0.05, 0.1) is 18.9 Å². The van der Waals surface area contributed by atoms with Crippen molar-refractivity contribution in [2.24, 2.45) is 0 Å². The first-order valence-corrected chi connectivity index (χ1v) is 4.20. The molecule has 0 bridgehead atoms. The van der Waals surface area contributed by atoms with Gasteiger partial charge in [-0.05, 0) is 11.6 Å². The molecular formula is C9H10F3NO2. The van der Waals surface area contributed by atoms with Crippen molar-refractivity contribution < 1.29 is 23.0 Å². The molecule has 1 aromatic heterocycles. The van der Waals surface area contributed by atoms with Gasteiger partial charge in [-0.25, -0.2) is 0 Å². The summed E-state index contributed by atoms with van der Waals surface area (Å²) in [7, 11) is 0. The fourth-order valence-corrected chi connectivity index (χ4v) is 0.905. The van der Waals surface area contributed by atoms with Crippen molar-refractivity contribution in [2.45, 2.75) is 19.4 Å². The molecule has 15 heavy (non-hydrogen) atoms. The van der Waals surface area contributed by atoms with Gasteiger partial charge in [-0.1, -0.05) is 6.07 Å². The lowest BCUT2D eigenvalue weighted by atomic mass is 10.3. The Labute approximate surface area is 84.5 Å². The van der Waals surface area contributed by atoms with Gasteiger partial charge in [0, 0.05) is 6.20 Å². The first-order chi connectivity index (χ1) is 7.01. The molecule has 0 aliphatic rings. The van der Waals surface area contributed by atoms with Crippen molar-refractivity contribution in [3.8, 4) is 0 Å². The number of pyridine rings is 1. The first kappa shape index (κ1) is 11.9. The van der Waals surface area contributed by atoms with E-state index in [2.05, 4.69) is 9.72 Å². The second-order valence-corrected chi connectivity index (χ2v) is 2.92. The summed E-state index contributed by atoms with van der Waals surface area (Å²) in [5.41, 5.74) is 1.01. The van der Waals surface area contributed by atoms with E-state index in [1.165, 1.54) is 12.3 Å². The van der Waals surface area contributed by atoms with Crippen LogP contribution in [0.3, 0.4) is 0 Å². The van der Waals surface area contributed by atoms with Crippen molar-refractivity contribution in [3.05, 3.63) is 29.6 Å². The first-order valence-electron chi connectivity index (χ1n) is 4.20. The normalized spacial score (nSPS) is 11.7. The number of aliphatic hydroxyl groups excluding tert-OH is 1. The van der Waals surface area contributed by atoms with Crippen LogP contribution < -0.4 is 0 Å². The Morgan fingerprint density at radius 1 is 1.33 bits per heavy atom. The van der Waals surface area contributed by atoms with Gasteiger partial charge in [0.15, 0.2) is 0 Å². The number of rotatable bonds is 4. The minimum Gasteiger partial charge on any atom is -0.392 e. The van der Waals surface area contributed by atoms with Gasteiger partial charge >= 0.3 is 6.18 Å². The SMILES string of the molecule is OCc1ccc(COCC(F)(F)F)nc1. The molecule has 1 N–H and O–H groups in total. The standard InChI is InChI=1S/C9H10F3NO2/c10-9(11,12)6-15-5-8-2-1-7(4-14)3-13-8/h1-3,14H,4-6H2. The van der Waals surface area contributed by atoms with Gasteiger partial charge in [-0.3, -0.25) is 4.98 Å². The highest BCUT2D eigenvalue weighted by molar-refractivity contribution is 5.12. The van der Waals surface area contributed by atoms with E-state index in [0.29, 0.717) is 11.3 Å². The van der Waals surface area contributed by atoms with Crippen molar-refractivity contribution in [1.29, 1.82) is 0 Å². The number of halogens is 3. The maximum atomic E-state index is 11.7. The molecule has 0 amide bonds. The van der Waals surface area contributed by atoms with E-state index in [-0.39, 0.29) is 13.2 Å². The molecule has 84 valence electrons. The lowest BCUT2D eigenvalue weighted by molar-refractivity contribution is -0.176. The van der Waals surface area contributed by atoms with E-state index in [0.717, 1.165) is 0 Å². The Balaban J connectivity index is 2.38. The Hall–Kier alpha value is -1.14. The molecule has 0 aliphatic heterocycles. The highest BCUT2D eigenvalue weighted by atomic mass is 19.4. The molecule has 1 rings (SSSR count). The Bertz CT molecular complexity index is 297. The third-order valence-corrected chi connectivity index (χ3v) is 1.58. The summed E-state index contributed by atoms with van der Waals surface area (Å²) in [6.07, 6.45) is -2.92. The summed E-state index contributed by atoms with van der Waals surface area (Å²) in [6, 6.07) is 3.10. The van der Waals surface area contributed by atoms with Crippen LogP contribution >= 0.6 is 0 Å². The van der Waals surface area contributed by atoms with Crippen LogP contribution in [-0.4, -0.2) is 22.9 Å². The molecule has 0 fully saturated rings. The minimum atomic E-state index is -4.31. The molecular weight excluding hydrogens is 211 g/mol. The summed E-state index contributed by atoms with van der Waals surface area (Å²) >= 11 is 0. The maximum Gasteiger partial charge on any atom is 0.411 e. The average Bonchev–Trinajstić information content (AvgIpc) is 2.17. The highest BCUT2D eigenvalue weighted by Crippen LogP contribution is 2.15. The van der Waals surface area contributed by atoms with Crippen molar-refractivity contribution in [3.63, 3.8) is 0 Å². The Morgan fingerprint density at radius 2 is 2.07 bits per heavy atom. The van der Waals surface area contributed by atoms with Crippen molar-refractivity contribution >= 4 is 0 Å². The average molecular weight is 221 g/mol. The molecule has 0 unspecified atom stereocenters. The molecule has 0 atom stereocenters. The van der Waals surface area contributed by atoms with Crippen LogP contribution in [0.25, 0.3) is 0 Å². The summed E-state index contributed by atoms with van der Waals surface area (Å²) in [5, 5.41) is 8.69. The number of aromatic nitrogens is 1. The fraction of sp³-hybridized carbons (Fsp3) is 0.444. The smallest absolute Gasteiger partial charge is 0.392 e. The van der Waals surface area contributed by atoms with E-state index < -0.39 is 12.8 Å². The lowest BCUT2D eigenvalue weighted by Gasteiger charge is -2.07. The maximum absolute atomic E-state index is 11.7. The monoisotopic (exact) mass is 221 g/mol. The zero-order valence-electron chi connectivity index (χ0n) is 7.79. The molecule has 0 radical (unpaired) electrons. The van der Waals surface area contributed by atoms with Crippen molar-refractivity contribution in [1.82, 2.24) is 4.98 Å². The summed E-state index contributed by atoms with van der Waals surface area (Å²) in [4.78, 5) is 3.82. The third kappa shape index (κ3) is 4.75. The van der Waals surface area contributed by atoms with Crippen LogP contribution in [0.5, 0.6) is 0 Å². The van der Waals surface area contributed by atoms with Crippen LogP contribution in [0, 0.1) is 0 Å². The van der Waals surface area contributed by atoms with E-state index in [4.69, 9.17) is 5.11 Å². The van der Waals surface area contributed by atoms with E-state index in [9.17, 15) is 13.2 Å². The molecule has 0 saturated heterocycles. The fourth-order valence-electron chi connectivity index (χ4n) is 0.905. The van der Waals surface area contributed by atoms with Gasteiger partial charge < -0.3 is 9.84 Å².